The van der Waals surface area contributed by atoms with Crippen molar-refractivity contribution >= 4 is 44.5 Å². The maximum Gasteiger partial charge on any atom is 0.265 e. The summed E-state index contributed by atoms with van der Waals surface area (Å²) in [6.45, 7) is 0. The zero-order valence-corrected chi connectivity index (χ0v) is 16.1. The molecule has 0 radical (unpaired) electrons. The Hall–Kier alpha value is -3.36. The van der Waals surface area contributed by atoms with Crippen molar-refractivity contribution in [3.05, 3.63) is 78.3 Å². The molecule has 4 heterocycles. The molecule has 0 unspecified atom stereocenters. The van der Waals surface area contributed by atoms with E-state index in [0.29, 0.717) is 10.6 Å². The van der Waals surface area contributed by atoms with E-state index in [0.717, 1.165) is 25.9 Å². The number of nitrogens with zero attached hydrogens (tertiary/aromatic N) is 4. The number of thiazole rings is 1. The summed E-state index contributed by atoms with van der Waals surface area (Å²) < 4.78 is 2.94. The van der Waals surface area contributed by atoms with Gasteiger partial charge in [0.15, 0.2) is 0 Å². The van der Waals surface area contributed by atoms with Gasteiger partial charge in [-0.1, -0.05) is 12.1 Å². The fourth-order valence-corrected chi connectivity index (χ4v) is 4.67. The van der Waals surface area contributed by atoms with Crippen LogP contribution in [-0.4, -0.2) is 25.4 Å². The Balaban J connectivity index is 1.33. The van der Waals surface area contributed by atoms with Crippen molar-refractivity contribution < 1.29 is 4.79 Å². The second kappa shape index (κ2) is 6.99. The van der Waals surface area contributed by atoms with Crippen LogP contribution in [-0.2, 0) is 0 Å². The molecule has 0 aliphatic rings. The van der Waals surface area contributed by atoms with Crippen LogP contribution in [0.4, 0.5) is 5.69 Å². The van der Waals surface area contributed by atoms with Crippen LogP contribution in [0.25, 0.3) is 25.9 Å². The van der Waals surface area contributed by atoms with E-state index in [2.05, 4.69) is 26.3 Å². The van der Waals surface area contributed by atoms with Crippen LogP contribution >= 0.6 is 22.7 Å². The highest BCUT2D eigenvalue weighted by Gasteiger charge is 2.13. The number of imidazole rings is 1. The predicted octanol–water partition coefficient (Wildman–Crippen LogP) is 4.86. The van der Waals surface area contributed by atoms with Crippen LogP contribution < -0.4 is 5.32 Å². The minimum atomic E-state index is -0.158. The highest BCUT2D eigenvalue weighted by Crippen LogP contribution is 2.34. The number of anilines is 1. The lowest BCUT2D eigenvalue weighted by molar-refractivity contribution is 0.103. The first-order chi connectivity index (χ1) is 13.8. The number of aromatic nitrogens is 4. The van der Waals surface area contributed by atoms with Gasteiger partial charge in [-0.05, 0) is 36.4 Å². The van der Waals surface area contributed by atoms with Crippen molar-refractivity contribution in [2.45, 2.75) is 0 Å². The summed E-state index contributed by atoms with van der Waals surface area (Å²) in [5.41, 5.74) is 1.62. The molecule has 0 aliphatic heterocycles. The van der Waals surface area contributed by atoms with Crippen molar-refractivity contribution in [2.75, 3.05) is 5.32 Å². The van der Waals surface area contributed by atoms with Gasteiger partial charge in [-0.15, -0.1) is 22.7 Å². The van der Waals surface area contributed by atoms with E-state index in [-0.39, 0.29) is 5.91 Å². The van der Waals surface area contributed by atoms with Crippen molar-refractivity contribution in [3.8, 4) is 15.7 Å². The third kappa shape index (κ3) is 3.19. The van der Waals surface area contributed by atoms with E-state index < -0.39 is 0 Å². The van der Waals surface area contributed by atoms with Crippen molar-refractivity contribution in [1.29, 1.82) is 0 Å². The molecule has 0 aliphatic carbocycles. The van der Waals surface area contributed by atoms with E-state index in [1.165, 1.54) is 11.3 Å². The van der Waals surface area contributed by atoms with Crippen molar-refractivity contribution in [1.82, 2.24) is 19.5 Å². The monoisotopic (exact) mass is 403 g/mol. The topological polar surface area (TPSA) is 72.7 Å². The summed E-state index contributed by atoms with van der Waals surface area (Å²) in [5.74, 6) is 0.583. The van der Waals surface area contributed by atoms with Gasteiger partial charge in [-0.25, -0.2) is 15.0 Å². The molecule has 1 amide bonds. The minimum absolute atomic E-state index is 0.158. The first-order valence-corrected chi connectivity index (χ1v) is 10.1. The molecule has 8 heteroatoms. The van der Waals surface area contributed by atoms with Gasteiger partial charge in [0, 0.05) is 12.4 Å². The number of thiophene rings is 1. The number of amides is 1. The number of hydrogen-bond donors (Lipinski definition) is 1. The largest absolute Gasteiger partial charge is 0.320 e. The lowest BCUT2D eigenvalue weighted by Gasteiger charge is -2.05. The maximum atomic E-state index is 12.6. The lowest BCUT2D eigenvalue weighted by atomic mass is 10.3. The van der Waals surface area contributed by atoms with E-state index in [4.69, 9.17) is 0 Å². The SMILES string of the molecule is O=C(Nc1ccc(-n2ccnc2)nc1)c1ccc(-c2nc3ccccc3s2)s1. The van der Waals surface area contributed by atoms with E-state index in [1.807, 2.05) is 48.7 Å². The molecule has 6 nitrogen and oxygen atoms in total. The number of benzene rings is 1. The predicted molar refractivity (Wildman–Crippen MR) is 112 cm³/mol. The number of fused-ring (bicyclic) bond motifs is 1. The molecule has 0 bridgehead atoms. The molecular formula is C20H13N5OS2. The normalized spacial score (nSPS) is 11.0. The van der Waals surface area contributed by atoms with E-state index >= 15 is 0 Å². The Morgan fingerprint density at radius 3 is 2.75 bits per heavy atom. The second-order valence-corrected chi connectivity index (χ2v) is 8.09. The third-order valence-corrected chi connectivity index (χ3v) is 6.40. The first kappa shape index (κ1) is 16.8. The Morgan fingerprint density at radius 1 is 1.04 bits per heavy atom. The quantitative estimate of drug-likeness (QED) is 0.465. The number of rotatable bonds is 4. The molecule has 0 atom stereocenters. The van der Waals surface area contributed by atoms with Crippen LogP contribution in [0.5, 0.6) is 0 Å². The number of nitrogens with one attached hydrogen (secondary N) is 1. The van der Waals surface area contributed by atoms with Crippen LogP contribution in [0.2, 0.25) is 0 Å². The smallest absolute Gasteiger partial charge is 0.265 e. The van der Waals surface area contributed by atoms with E-state index in [1.54, 1.807) is 34.6 Å². The molecule has 0 spiro atoms. The van der Waals surface area contributed by atoms with Gasteiger partial charge in [0.2, 0.25) is 0 Å². The zero-order valence-electron chi connectivity index (χ0n) is 14.4. The highest BCUT2D eigenvalue weighted by atomic mass is 32.1. The standard InChI is InChI=1S/C20H13N5OS2/c26-19(23-13-5-8-18(22-11-13)25-10-9-21-12-25)16-6-7-17(27-16)20-24-14-3-1-2-4-15(14)28-20/h1-12H,(H,23,26). The number of carbonyl (C=O) groups excluding carboxylic acids is 1. The molecule has 1 N–H and O–H groups in total. The molecule has 5 aromatic rings. The zero-order chi connectivity index (χ0) is 18.9. The van der Waals surface area contributed by atoms with Gasteiger partial charge in [-0.2, -0.15) is 0 Å². The summed E-state index contributed by atoms with van der Waals surface area (Å²) >= 11 is 3.06. The molecule has 0 saturated heterocycles. The molecule has 1 aromatic carbocycles. The summed E-state index contributed by atoms with van der Waals surface area (Å²) in [7, 11) is 0. The molecule has 0 fully saturated rings. The number of para-hydroxylation sites is 1. The molecule has 136 valence electrons. The van der Waals surface area contributed by atoms with Gasteiger partial charge < -0.3 is 5.32 Å². The van der Waals surface area contributed by atoms with Gasteiger partial charge in [0.25, 0.3) is 5.91 Å². The summed E-state index contributed by atoms with van der Waals surface area (Å²) in [6, 6.07) is 15.5. The Labute approximate surface area is 168 Å². The summed E-state index contributed by atoms with van der Waals surface area (Å²) in [6.07, 6.45) is 6.82. The fourth-order valence-electron chi connectivity index (χ4n) is 2.75. The number of carbonyl (C=O) groups is 1. The maximum absolute atomic E-state index is 12.6. The lowest BCUT2D eigenvalue weighted by Crippen LogP contribution is -2.10. The Bertz CT molecular complexity index is 1220. The highest BCUT2D eigenvalue weighted by molar-refractivity contribution is 7.26. The average molecular weight is 403 g/mol. The fraction of sp³-hybridized carbons (Fsp3) is 0. The van der Waals surface area contributed by atoms with Crippen LogP contribution in [0.15, 0.2) is 73.4 Å². The average Bonchev–Trinajstić information content (AvgIpc) is 3.48. The van der Waals surface area contributed by atoms with Gasteiger partial charge in [0.1, 0.15) is 17.2 Å². The first-order valence-electron chi connectivity index (χ1n) is 8.48. The van der Waals surface area contributed by atoms with Crippen molar-refractivity contribution in [2.24, 2.45) is 0 Å². The third-order valence-electron chi connectivity index (χ3n) is 4.11. The van der Waals surface area contributed by atoms with Crippen LogP contribution in [0.3, 0.4) is 0 Å². The number of hydrogen-bond acceptors (Lipinski definition) is 6. The molecule has 5 rings (SSSR count). The molecule has 4 aromatic heterocycles. The van der Waals surface area contributed by atoms with Crippen LogP contribution in [0, 0.1) is 0 Å². The van der Waals surface area contributed by atoms with Gasteiger partial charge in [0.05, 0.1) is 31.9 Å². The summed E-state index contributed by atoms with van der Waals surface area (Å²) in [4.78, 5) is 27.2. The second-order valence-electron chi connectivity index (χ2n) is 5.98. The minimum Gasteiger partial charge on any atom is -0.320 e. The van der Waals surface area contributed by atoms with Crippen molar-refractivity contribution in [3.63, 3.8) is 0 Å². The molecule has 28 heavy (non-hydrogen) atoms. The Kier molecular flexibility index (Phi) is 4.19. The summed E-state index contributed by atoms with van der Waals surface area (Å²) in [5, 5.41) is 3.82. The number of pyridine rings is 1. The molecule has 0 saturated carbocycles. The van der Waals surface area contributed by atoms with Gasteiger partial charge in [-0.3, -0.25) is 9.36 Å². The molecular weight excluding hydrogens is 390 g/mol. The van der Waals surface area contributed by atoms with Crippen LogP contribution in [0.1, 0.15) is 9.67 Å². The van der Waals surface area contributed by atoms with Gasteiger partial charge >= 0.3 is 0 Å². The Morgan fingerprint density at radius 2 is 1.96 bits per heavy atom. The van der Waals surface area contributed by atoms with E-state index in [9.17, 15) is 4.79 Å².